The Morgan fingerprint density at radius 1 is 1.47 bits per heavy atom. The Balaban J connectivity index is 2.15. The Morgan fingerprint density at radius 3 is 2.76 bits per heavy atom. The lowest BCUT2D eigenvalue weighted by Gasteiger charge is -2.50. The number of rotatable bonds is 3. The molecule has 0 heterocycles. The smallest absolute Gasteiger partial charge is 0.200 e. The summed E-state index contributed by atoms with van der Waals surface area (Å²) in [6, 6.07) is 3.86. The van der Waals surface area contributed by atoms with Crippen molar-refractivity contribution in [2.75, 3.05) is 0 Å². The first kappa shape index (κ1) is 12.3. The highest BCUT2D eigenvalue weighted by atomic mass is 19.2. The van der Waals surface area contributed by atoms with E-state index in [4.69, 9.17) is 4.74 Å². The molecule has 1 fully saturated rings. The van der Waals surface area contributed by atoms with Gasteiger partial charge in [0.2, 0.25) is 5.82 Å². The molecule has 0 aromatic heterocycles. The third-order valence-corrected chi connectivity index (χ3v) is 3.88. The molecule has 1 aromatic carbocycles. The van der Waals surface area contributed by atoms with Gasteiger partial charge in [-0.25, -0.2) is 4.39 Å². The summed E-state index contributed by atoms with van der Waals surface area (Å²) in [5.41, 5.74) is -0.376. The van der Waals surface area contributed by atoms with Gasteiger partial charge in [-0.05, 0) is 18.6 Å². The van der Waals surface area contributed by atoms with E-state index in [1.54, 1.807) is 0 Å². The molecule has 1 aliphatic carbocycles. The van der Waals surface area contributed by atoms with Crippen molar-refractivity contribution in [1.82, 2.24) is 0 Å². The van der Waals surface area contributed by atoms with Crippen LogP contribution in [-0.2, 0) is 0 Å². The average Bonchev–Trinajstić information content (AvgIpc) is 2.33. The van der Waals surface area contributed by atoms with E-state index in [0.29, 0.717) is 6.42 Å². The van der Waals surface area contributed by atoms with Gasteiger partial charge in [-0.1, -0.05) is 19.9 Å². The number of aliphatic hydroxyl groups is 1. The lowest BCUT2D eigenvalue weighted by atomic mass is 9.63. The highest BCUT2D eigenvalue weighted by molar-refractivity contribution is 5.26. The van der Waals surface area contributed by atoms with Crippen molar-refractivity contribution in [1.29, 1.82) is 0 Å². The van der Waals surface area contributed by atoms with Crippen LogP contribution in [0.3, 0.4) is 0 Å². The monoisotopic (exact) mass is 242 g/mol. The van der Waals surface area contributed by atoms with Gasteiger partial charge >= 0.3 is 0 Å². The molecule has 0 saturated heterocycles. The molecule has 3 atom stereocenters. The molecule has 1 N–H and O–H groups in total. The third kappa shape index (κ3) is 1.90. The van der Waals surface area contributed by atoms with Crippen molar-refractivity contribution in [3.05, 3.63) is 29.8 Å². The first-order chi connectivity index (χ1) is 7.99. The quantitative estimate of drug-likeness (QED) is 0.883. The molecule has 3 unspecified atom stereocenters. The number of aliphatic hydroxyl groups excluding tert-OH is 1. The van der Waals surface area contributed by atoms with Crippen LogP contribution in [0.25, 0.3) is 0 Å². The van der Waals surface area contributed by atoms with Crippen LogP contribution in [0, 0.1) is 17.0 Å². The molecule has 0 spiro atoms. The van der Waals surface area contributed by atoms with E-state index < -0.39 is 17.7 Å². The van der Waals surface area contributed by atoms with Crippen molar-refractivity contribution in [2.24, 2.45) is 5.41 Å². The van der Waals surface area contributed by atoms with Gasteiger partial charge in [0.05, 0.1) is 6.10 Å². The Labute approximate surface area is 99.2 Å². The Hall–Kier alpha value is -1.16. The van der Waals surface area contributed by atoms with Gasteiger partial charge in [0.25, 0.3) is 0 Å². The molecule has 94 valence electrons. The maximum Gasteiger partial charge on any atom is 0.200 e. The van der Waals surface area contributed by atoms with Crippen molar-refractivity contribution in [2.45, 2.75) is 38.9 Å². The normalized spacial score (nSPS) is 32.1. The summed E-state index contributed by atoms with van der Waals surface area (Å²) in [6.45, 7) is 3.84. The first-order valence-electron chi connectivity index (χ1n) is 5.77. The average molecular weight is 242 g/mol. The Morgan fingerprint density at radius 2 is 2.18 bits per heavy atom. The fraction of sp³-hybridized carbons (Fsp3) is 0.538. The van der Waals surface area contributed by atoms with Crippen molar-refractivity contribution < 1.29 is 18.6 Å². The molecule has 2 nitrogen and oxygen atoms in total. The number of benzene rings is 1. The maximum atomic E-state index is 13.4. The van der Waals surface area contributed by atoms with E-state index in [1.807, 2.05) is 13.8 Å². The summed E-state index contributed by atoms with van der Waals surface area (Å²) in [5, 5.41) is 9.69. The van der Waals surface area contributed by atoms with Crippen LogP contribution in [0.4, 0.5) is 8.78 Å². The van der Waals surface area contributed by atoms with Crippen molar-refractivity contribution >= 4 is 0 Å². The van der Waals surface area contributed by atoms with Gasteiger partial charge in [-0.15, -0.1) is 0 Å². The summed E-state index contributed by atoms with van der Waals surface area (Å²) >= 11 is 0. The number of ether oxygens (including phenoxy) is 1. The highest BCUT2D eigenvalue weighted by Crippen LogP contribution is 2.46. The fourth-order valence-corrected chi connectivity index (χ4v) is 2.17. The molecular formula is C13H16F2O2. The summed E-state index contributed by atoms with van der Waals surface area (Å²) in [4.78, 5) is 0. The van der Waals surface area contributed by atoms with E-state index >= 15 is 0 Å². The van der Waals surface area contributed by atoms with Crippen LogP contribution in [0.15, 0.2) is 18.2 Å². The number of hydrogen-bond acceptors (Lipinski definition) is 2. The molecule has 0 amide bonds. The molecule has 1 saturated carbocycles. The van der Waals surface area contributed by atoms with Gasteiger partial charge in [-0.2, -0.15) is 4.39 Å². The van der Waals surface area contributed by atoms with Crippen LogP contribution < -0.4 is 4.74 Å². The first-order valence-corrected chi connectivity index (χ1v) is 5.77. The van der Waals surface area contributed by atoms with Crippen molar-refractivity contribution in [3.8, 4) is 5.75 Å². The van der Waals surface area contributed by atoms with Gasteiger partial charge in [0, 0.05) is 11.8 Å². The topological polar surface area (TPSA) is 29.5 Å². The Kier molecular flexibility index (Phi) is 3.08. The SMILES string of the molecule is CCC1(C)C(O)CC1Oc1cccc(F)c1F. The van der Waals surface area contributed by atoms with Gasteiger partial charge < -0.3 is 9.84 Å². The van der Waals surface area contributed by atoms with Gasteiger partial charge in [0.1, 0.15) is 6.10 Å². The minimum absolute atomic E-state index is 0.0819. The molecule has 2 rings (SSSR count). The molecule has 4 heteroatoms. The molecule has 0 radical (unpaired) electrons. The summed E-state index contributed by atoms with van der Waals surface area (Å²) in [7, 11) is 0. The van der Waals surface area contributed by atoms with Crippen LogP contribution in [0.1, 0.15) is 26.7 Å². The minimum atomic E-state index is -0.965. The minimum Gasteiger partial charge on any atom is -0.486 e. The fourth-order valence-electron chi connectivity index (χ4n) is 2.17. The molecule has 17 heavy (non-hydrogen) atoms. The predicted molar refractivity (Wildman–Crippen MR) is 59.8 cm³/mol. The molecular weight excluding hydrogens is 226 g/mol. The summed E-state index contributed by atoms with van der Waals surface area (Å²) < 4.78 is 31.9. The number of halogens is 2. The van der Waals surface area contributed by atoms with E-state index in [2.05, 4.69) is 0 Å². The van der Waals surface area contributed by atoms with Crippen LogP contribution in [-0.4, -0.2) is 17.3 Å². The third-order valence-electron chi connectivity index (χ3n) is 3.88. The zero-order chi connectivity index (χ0) is 12.6. The second-order valence-electron chi connectivity index (χ2n) is 4.77. The van der Waals surface area contributed by atoms with Crippen LogP contribution >= 0.6 is 0 Å². The zero-order valence-corrected chi connectivity index (χ0v) is 9.91. The maximum absolute atomic E-state index is 13.4. The van der Waals surface area contributed by atoms with Crippen LogP contribution in [0.2, 0.25) is 0 Å². The van der Waals surface area contributed by atoms with E-state index in [1.165, 1.54) is 12.1 Å². The van der Waals surface area contributed by atoms with Gasteiger partial charge in [0.15, 0.2) is 11.6 Å². The van der Waals surface area contributed by atoms with Crippen LogP contribution in [0.5, 0.6) is 5.75 Å². The predicted octanol–water partition coefficient (Wildman–Crippen LogP) is 2.89. The molecule has 1 aliphatic rings. The molecule has 1 aromatic rings. The van der Waals surface area contributed by atoms with E-state index in [-0.39, 0.29) is 17.3 Å². The number of hydrogen-bond donors (Lipinski definition) is 1. The Bertz CT molecular complexity index is 422. The molecule has 0 aliphatic heterocycles. The highest BCUT2D eigenvalue weighted by Gasteiger charge is 2.51. The molecule has 0 bridgehead atoms. The largest absolute Gasteiger partial charge is 0.486 e. The summed E-state index contributed by atoms with van der Waals surface area (Å²) in [5.74, 6) is -1.96. The summed E-state index contributed by atoms with van der Waals surface area (Å²) in [6.07, 6.45) is 0.490. The standard InChI is InChI=1S/C13H16F2O2/c1-3-13(2)10(16)7-11(13)17-9-6-4-5-8(14)12(9)15/h4-6,10-11,16H,3,7H2,1-2H3. The lowest BCUT2D eigenvalue weighted by molar-refractivity contribution is -0.147. The second-order valence-corrected chi connectivity index (χ2v) is 4.77. The lowest BCUT2D eigenvalue weighted by Crippen LogP contribution is -2.57. The van der Waals surface area contributed by atoms with E-state index in [9.17, 15) is 13.9 Å². The van der Waals surface area contributed by atoms with Crippen molar-refractivity contribution in [3.63, 3.8) is 0 Å². The zero-order valence-electron chi connectivity index (χ0n) is 9.91. The van der Waals surface area contributed by atoms with Gasteiger partial charge in [-0.3, -0.25) is 0 Å². The second kappa shape index (κ2) is 4.26. The van der Waals surface area contributed by atoms with E-state index in [0.717, 1.165) is 12.5 Å².